The maximum atomic E-state index is 10.6. The van der Waals surface area contributed by atoms with Crippen molar-refractivity contribution < 1.29 is 60.0 Å². The monoisotopic (exact) mass is 570 g/mol. The number of furan rings is 1. The minimum absolute atomic E-state index is 0.00911. The van der Waals surface area contributed by atoms with Gasteiger partial charge in [-0.3, -0.25) is 9.88 Å². The average Bonchev–Trinajstić information content (AvgIpc) is 3.45. The molecule has 4 heterocycles. The molecular weight excluding hydrogens is 542 g/mol. The van der Waals surface area contributed by atoms with E-state index in [4.69, 9.17) is 33.7 Å². The van der Waals surface area contributed by atoms with Gasteiger partial charge in [0.05, 0.1) is 31.5 Å². The van der Waals surface area contributed by atoms with Crippen LogP contribution >= 0.6 is 0 Å². The van der Waals surface area contributed by atoms with Gasteiger partial charge in [0.15, 0.2) is 0 Å². The molecule has 9 nitrogen and oxygen atoms in total. The third-order valence-electron chi connectivity index (χ3n) is 5.81. The number of carbonyl (C=O) groups is 2. The maximum Gasteiger partial charge on any atom is 0.490 e. The van der Waals surface area contributed by atoms with E-state index in [-0.39, 0.29) is 11.7 Å². The van der Waals surface area contributed by atoms with E-state index in [2.05, 4.69) is 16.0 Å². The van der Waals surface area contributed by atoms with E-state index in [1.807, 2.05) is 31.3 Å². The topological polar surface area (TPSA) is 122 Å². The standard InChI is InChI=1S/C20H26N2O3.2C2HF3O2/c1-16-4-5-18(25-16)13-22-9-6-20(7-10-22)11-19(15-24-20)23-14-17-3-2-8-21-12-17;2*3-2(4,5)1(6)7/h2-5,8,12,19H,6-7,9-11,13-15H2,1H3;2*(H,6,7). The summed E-state index contributed by atoms with van der Waals surface area (Å²) in [4.78, 5) is 24.4. The molecule has 2 aliphatic heterocycles. The van der Waals surface area contributed by atoms with Crippen LogP contribution in [0.2, 0.25) is 0 Å². The van der Waals surface area contributed by atoms with Crippen LogP contribution in [0.15, 0.2) is 41.1 Å². The van der Waals surface area contributed by atoms with Gasteiger partial charge in [-0.1, -0.05) is 6.07 Å². The van der Waals surface area contributed by atoms with Crippen molar-refractivity contribution in [1.29, 1.82) is 0 Å². The molecule has 2 saturated heterocycles. The Labute approximate surface area is 219 Å². The number of carboxylic acids is 2. The summed E-state index contributed by atoms with van der Waals surface area (Å²) in [5, 5.41) is 14.2. The van der Waals surface area contributed by atoms with Crippen LogP contribution in [0, 0.1) is 6.92 Å². The quantitative estimate of drug-likeness (QED) is 0.497. The third-order valence-corrected chi connectivity index (χ3v) is 5.81. The Bertz CT molecular complexity index is 1030. The molecular formula is C24H28F6N2O7. The first-order valence-electron chi connectivity index (χ1n) is 11.6. The van der Waals surface area contributed by atoms with Crippen molar-refractivity contribution in [2.75, 3.05) is 19.7 Å². The summed E-state index contributed by atoms with van der Waals surface area (Å²) in [6.07, 6.45) is -3.19. The van der Waals surface area contributed by atoms with Gasteiger partial charge in [-0.15, -0.1) is 0 Å². The number of aromatic nitrogens is 1. The van der Waals surface area contributed by atoms with Crippen molar-refractivity contribution in [3.8, 4) is 0 Å². The highest BCUT2D eigenvalue weighted by atomic mass is 19.4. The third kappa shape index (κ3) is 11.2. The van der Waals surface area contributed by atoms with Crippen LogP contribution in [0.4, 0.5) is 26.3 Å². The first-order valence-corrected chi connectivity index (χ1v) is 11.6. The number of rotatable bonds is 5. The Morgan fingerprint density at radius 3 is 2.13 bits per heavy atom. The molecule has 2 fully saturated rings. The lowest BCUT2D eigenvalue weighted by Gasteiger charge is -2.38. The summed E-state index contributed by atoms with van der Waals surface area (Å²) in [7, 11) is 0. The highest BCUT2D eigenvalue weighted by molar-refractivity contribution is 5.73. The molecule has 2 aromatic heterocycles. The zero-order chi connectivity index (χ0) is 29.3. The van der Waals surface area contributed by atoms with Crippen molar-refractivity contribution in [2.24, 2.45) is 0 Å². The van der Waals surface area contributed by atoms with Gasteiger partial charge >= 0.3 is 24.3 Å². The summed E-state index contributed by atoms with van der Waals surface area (Å²) < 4.78 is 81.4. The lowest BCUT2D eigenvalue weighted by Crippen LogP contribution is -2.43. The summed E-state index contributed by atoms with van der Waals surface area (Å²) in [5.41, 5.74) is 1.13. The number of carboxylic acid groups (broad SMARTS) is 2. The van der Waals surface area contributed by atoms with Crippen molar-refractivity contribution >= 4 is 11.9 Å². The number of ether oxygens (including phenoxy) is 2. The fourth-order valence-electron chi connectivity index (χ4n) is 3.86. The van der Waals surface area contributed by atoms with Gasteiger partial charge in [0, 0.05) is 31.9 Å². The highest BCUT2D eigenvalue weighted by Crippen LogP contribution is 2.37. The van der Waals surface area contributed by atoms with Crippen molar-refractivity contribution in [1.82, 2.24) is 9.88 Å². The predicted molar refractivity (Wildman–Crippen MR) is 121 cm³/mol. The largest absolute Gasteiger partial charge is 0.490 e. The molecule has 0 bridgehead atoms. The lowest BCUT2D eigenvalue weighted by atomic mass is 9.88. The number of aryl methyl sites for hydroxylation is 1. The van der Waals surface area contributed by atoms with Crippen molar-refractivity contribution in [3.05, 3.63) is 53.7 Å². The molecule has 39 heavy (non-hydrogen) atoms. The molecule has 1 atom stereocenters. The zero-order valence-corrected chi connectivity index (χ0v) is 20.8. The second-order valence-corrected chi connectivity index (χ2v) is 8.89. The summed E-state index contributed by atoms with van der Waals surface area (Å²) in [6.45, 7) is 6.31. The number of nitrogens with zero attached hydrogens (tertiary/aromatic N) is 2. The molecule has 2 aromatic rings. The summed E-state index contributed by atoms with van der Waals surface area (Å²) in [5.74, 6) is -3.48. The van der Waals surface area contributed by atoms with Crippen LogP contribution in [0.3, 0.4) is 0 Å². The minimum Gasteiger partial charge on any atom is -0.475 e. The van der Waals surface area contributed by atoms with Crippen LogP contribution < -0.4 is 0 Å². The molecule has 2 N–H and O–H groups in total. The molecule has 2 aliphatic rings. The van der Waals surface area contributed by atoms with Crippen molar-refractivity contribution in [2.45, 2.75) is 63.4 Å². The van der Waals surface area contributed by atoms with E-state index in [9.17, 15) is 26.3 Å². The molecule has 218 valence electrons. The van der Waals surface area contributed by atoms with Crippen molar-refractivity contribution in [3.63, 3.8) is 0 Å². The number of hydrogen-bond acceptors (Lipinski definition) is 7. The average molecular weight is 570 g/mol. The smallest absolute Gasteiger partial charge is 0.475 e. The second kappa shape index (κ2) is 13.8. The molecule has 1 spiro atoms. The Morgan fingerprint density at radius 1 is 1.08 bits per heavy atom. The van der Waals surface area contributed by atoms with Gasteiger partial charge in [-0.25, -0.2) is 9.59 Å². The van der Waals surface area contributed by atoms with Gasteiger partial charge in [0.25, 0.3) is 0 Å². The highest BCUT2D eigenvalue weighted by Gasteiger charge is 2.43. The summed E-state index contributed by atoms with van der Waals surface area (Å²) >= 11 is 0. The van der Waals surface area contributed by atoms with Gasteiger partial charge < -0.3 is 24.1 Å². The zero-order valence-electron chi connectivity index (χ0n) is 20.8. The molecule has 15 heteroatoms. The predicted octanol–water partition coefficient (Wildman–Crippen LogP) is 4.59. The van der Waals surface area contributed by atoms with E-state index in [0.717, 1.165) is 56.0 Å². The molecule has 0 saturated carbocycles. The van der Waals surface area contributed by atoms with Crippen LogP contribution in [0.25, 0.3) is 0 Å². The van der Waals surface area contributed by atoms with Crippen LogP contribution in [-0.2, 0) is 32.2 Å². The van der Waals surface area contributed by atoms with Gasteiger partial charge in [-0.2, -0.15) is 26.3 Å². The van der Waals surface area contributed by atoms with Crippen LogP contribution in [0.5, 0.6) is 0 Å². The van der Waals surface area contributed by atoms with Crippen LogP contribution in [-0.4, -0.2) is 75.8 Å². The first-order chi connectivity index (χ1) is 18.1. The normalized spacial score (nSPS) is 19.0. The first kappa shape index (κ1) is 32.0. The molecule has 0 amide bonds. The summed E-state index contributed by atoms with van der Waals surface area (Å²) in [6, 6.07) is 8.11. The minimum atomic E-state index is -5.08. The second-order valence-electron chi connectivity index (χ2n) is 8.89. The SMILES string of the molecule is Cc1ccc(CN2CCC3(CC2)CC(OCc2cccnc2)CO3)o1.O=C(O)C(F)(F)F.O=C(O)C(F)(F)F. The van der Waals surface area contributed by atoms with Gasteiger partial charge in [0.2, 0.25) is 0 Å². The number of piperidine rings is 1. The molecule has 1 unspecified atom stereocenters. The Morgan fingerprint density at radius 2 is 1.67 bits per heavy atom. The molecule has 0 aliphatic carbocycles. The van der Waals surface area contributed by atoms with E-state index in [0.29, 0.717) is 13.2 Å². The van der Waals surface area contributed by atoms with Crippen LogP contribution in [0.1, 0.15) is 36.3 Å². The van der Waals surface area contributed by atoms with E-state index in [1.165, 1.54) is 0 Å². The van der Waals surface area contributed by atoms with E-state index >= 15 is 0 Å². The molecule has 4 rings (SSSR count). The van der Waals surface area contributed by atoms with Gasteiger partial charge in [0.1, 0.15) is 11.5 Å². The number of alkyl halides is 6. The Balaban J connectivity index is 0.000000317. The number of hydrogen-bond donors (Lipinski definition) is 2. The number of aliphatic carboxylic acids is 2. The van der Waals surface area contributed by atoms with Gasteiger partial charge in [-0.05, 0) is 43.5 Å². The Kier molecular flexibility index (Phi) is 11.3. The van der Waals surface area contributed by atoms with E-state index < -0.39 is 24.3 Å². The Hall–Kier alpha value is -3.17. The lowest BCUT2D eigenvalue weighted by molar-refractivity contribution is -0.193. The molecule has 0 radical (unpaired) electrons. The maximum absolute atomic E-state index is 10.6. The van der Waals surface area contributed by atoms with E-state index in [1.54, 1.807) is 6.20 Å². The fraction of sp³-hybridized carbons (Fsp3) is 0.542. The number of halogens is 6. The molecule has 0 aromatic carbocycles. The number of likely N-dealkylation sites (tertiary alicyclic amines) is 1. The number of pyridine rings is 1. The fourth-order valence-corrected chi connectivity index (χ4v) is 3.86.